The van der Waals surface area contributed by atoms with Crippen LogP contribution in [0.15, 0.2) is 46.5 Å². The summed E-state index contributed by atoms with van der Waals surface area (Å²) in [6, 6.07) is 10.8. The molecule has 3 rings (SSSR count). The summed E-state index contributed by atoms with van der Waals surface area (Å²) in [5.41, 5.74) is 1.97. The monoisotopic (exact) mass is 296 g/mol. The second-order valence-corrected chi connectivity index (χ2v) is 5.23. The Labute approximate surface area is 128 Å². The standard InChI is InChI=1S/C17H16N2O3/c1-11-8-14(12(2)22-11)9-15-16(20)19(17(21)18-15)10-13-6-4-3-5-7-13/h3-9H,10H2,1-2H3,(H,18,21)/b15-9-. The molecule has 1 aromatic carbocycles. The molecule has 1 fully saturated rings. The van der Waals surface area contributed by atoms with Crippen molar-refractivity contribution in [3.8, 4) is 0 Å². The third kappa shape index (κ3) is 2.65. The van der Waals surface area contributed by atoms with Crippen molar-refractivity contribution in [2.45, 2.75) is 20.4 Å². The molecule has 5 heteroatoms. The molecule has 0 atom stereocenters. The summed E-state index contributed by atoms with van der Waals surface area (Å²) in [5, 5.41) is 2.62. The second-order valence-electron chi connectivity index (χ2n) is 5.23. The summed E-state index contributed by atoms with van der Waals surface area (Å²) in [4.78, 5) is 25.6. The number of hydrogen-bond acceptors (Lipinski definition) is 3. The molecule has 0 unspecified atom stereocenters. The Balaban J connectivity index is 1.84. The normalized spacial score (nSPS) is 16.5. The Kier molecular flexibility index (Phi) is 3.55. The number of nitrogens with one attached hydrogen (secondary N) is 1. The summed E-state index contributed by atoms with van der Waals surface area (Å²) in [6.07, 6.45) is 1.65. The molecule has 1 aliphatic rings. The van der Waals surface area contributed by atoms with Crippen molar-refractivity contribution >= 4 is 18.0 Å². The Morgan fingerprint density at radius 1 is 1.18 bits per heavy atom. The number of benzene rings is 1. The SMILES string of the molecule is Cc1cc(/C=C2\NC(=O)N(Cc3ccccc3)C2=O)c(C)o1. The zero-order valence-corrected chi connectivity index (χ0v) is 12.4. The zero-order chi connectivity index (χ0) is 15.7. The Bertz CT molecular complexity index is 759. The molecule has 2 heterocycles. The minimum Gasteiger partial charge on any atom is -0.466 e. The number of aryl methyl sites for hydroxylation is 2. The third-order valence-electron chi connectivity index (χ3n) is 3.53. The van der Waals surface area contributed by atoms with E-state index in [1.165, 1.54) is 4.90 Å². The summed E-state index contributed by atoms with van der Waals surface area (Å²) in [7, 11) is 0. The molecular formula is C17H16N2O3. The van der Waals surface area contributed by atoms with Gasteiger partial charge in [-0.3, -0.25) is 9.69 Å². The number of urea groups is 1. The zero-order valence-electron chi connectivity index (χ0n) is 12.4. The number of carbonyl (C=O) groups is 2. The van der Waals surface area contributed by atoms with Crippen LogP contribution in [0.2, 0.25) is 0 Å². The quantitative estimate of drug-likeness (QED) is 0.699. The predicted octanol–water partition coefficient (Wildman–Crippen LogP) is 2.99. The smallest absolute Gasteiger partial charge is 0.329 e. The van der Waals surface area contributed by atoms with Gasteiger partial charge in [-0.05, 0) is 31.6 Å². The highest BCUT2D eigenvalue weighted by Crippen LogP contribution is 2.20. The first kappa shape index (κ1) is 14.1. The first-order valence-electron chi connectivity index (χ1n) is 7.00. The van der Waals surface area contributed by atoms with E-state index < -0.39 is 6.03 Å². The second kappa shape index (κ2) is 5.52. The van der Waals surface area contributed by atoms with Gasteiger partial charge in [0.05, 0.1) is 6.54 Å². The largest absolute Gasteiger partial charge is 0.466 e. The van der Waals surface area contributed by atoms with Gasteiger partial charge in [-0.15, -0.1) is 0 Å². The maximum atomic E-state index is 12.4. The van der Waals surface area contributed by atoms with E-state index in [9.17, 15) is 9.59 Å². The molecule has 112 valence electrons. The molecule has 0 spiro atoms. The van der Waals surface area contributed by atoms with E-state index in [2.05, 4.69) is 5.32 Å². The minimum atomic E-state index is -0.405. The molecule has 1 N–H and O–H groups in total. The Morgan fingerprint density at radius 2 is 1.91 bits per heavy atom. The van der Waals surface area contributed by atoms with E-state index >= 15 is 0 Å². The minimum absolute atomic E-state index is 0.256. The van der Waals surface area contributed by atoms with Gasteiger partial charge in [0.15, 0.2) is 0 Å². The van der Waals surface area contributed by atoms with Crippen LogP contribution in [0.25, 0.3) is 6.08 Å². The molecule has 0 radical (unpaired) electrons. The van der Waals surface area contributed by atoms with Crippen molar-refractivity contribution in [3.05, 3.63) is 64.7 Å². The van der Waals surface area contributed by atoms with Crippen LogP contribution in [0.4, 0.5) is 4.79 Å². The topological polar surface area (TPSA) is 62.6 Å². The van der Waals surface area contributed by atoms with E-state index in [1.807, 2.05) is 50.2 Å². The number of carbonyl (C=O) groups excluding carboxylic acids is 2. The predicted molar refractivity (Wildman–Crippen MR) is 81.7 cm³/mol. The van der Waals surface area contributed by atoms with E-state index in [0.29, 0.717) is 5.76 Å². The molecule has 1 saturated heterocycles. The lowest BCUT2D eigenvalue weighted by atomic mass is 10.2. The van der Waals surface area contributed by atoms with Gasteiger partial charge in [-0.25, -0.2) is 4.79 Å². The average Bonchev–Trinajstić information content (AvgIpc) is 2.94. The number of hydrogen-bond donors (Lipinski definition) is 1. The molecule has 0 bridgehead atoms. The fraction of sp³-hybridized carbons (Fsp3) is 0.176. The first-order chi connectivity index (χ1) is 10.5. The van der Waals surface area contributed by atoms with Gasteiger partial charge in [0.25, 0.3) is 5.91 Å². The van der Waals surface area contributed by atoms with Gasteiger partial charge in [-0.2, -0.15) is 0 Å². The molecule has 1 aromatic heterocycles. The van der Waals surface area contributed by atoms with Crippen LogP contribution >= 0.6 is 0 Å². The van der Waals surface area contributed by atoms with Gasteiger partial charge in [0, 0.05) is 5.56 Å². The van der Waals surface area contributed by atoms with Crippen LogP contribution in [-0.4, -0.2) is 16.8 Å². The summed E-state index contributed by atoms with van der Waals surface area (Å²) < 4.78 is 5.43. The summed E-state index contributed by atoms with van der Waals surface area (Å²) >= 11 is 0. The number of amides is 3. The lowest BCUT2D eigenvalue weighted by Crippen LogP contribution is -2.30. The molecule has 3 amide bonds. The Hall–Kier alpha value is -2.82. The fourth-order valence-electron chi connectivity index (χ4n) is 2.43. The number of rotatable bonds is 3. The Morgan fingerprint density at radius 3 is 2.55 bits per heavy atom. The van der Waals surface area contributed by atoms with Crippen molar-refractivity contribution in [1.82, 2.24) is 10.2 Å². The van der Waals surface area contributed by atoms with Crippen molar-refractivity contribution in [2.75, 3.05) is 0 Å². The van der Waals surface area contributed by atoms with Crippen molar-refractivity contribution in [3.63, 3.8) is 0 Å². The van der Waals surface area contributed by atoms with Crippen LogP contribution in [-0.2, 0) is 11.3 Å². The van der Waals surface area contributed by atoms with E-state index in [-0.39, 0.29) is 18.1 Å². The highest BCUT2D eigenvalue weighted by molar-refractivity contribution is 6.13. The van der Waals surface area contributed by atoms with E-state index in [4.69, 9.17) is 4.42 Å². The van der Waals surface area contributed by atoms with Crippen LogP contribution in [0, 0.1) is 13.8 Å². The highest BCUT2D eigenvalue weighted by atomic mass is 16.3. The molecule has 0 aliphatic carbocycles. The maximum Gasteiger partial charge on any atom is 0.329 e. The lowest BCUT2D eigenvalue weighted by molar-refractivity contribution is -0.123. The average molecular weight is 296 g/mol. The van der Waals surface area contributed by atoms with E-state index in [1.54, 1.807) is 6.08 Å². The molecular weight excluding hydrogens is 280 g/mol. The van der Waals surface area contributed by atoms with Gasteiger partial charge in [-0.1, -0.05) is 30.3 Å². The maximum absolute atomic E-state index is 12.4. The summed E-state index contributed by atoms with van der Waals surface area (Å²) in [5.74, 6) is 1.16. The fourth-order valence-corrected chi connectivity index (χ4v) is 2.43. The number of nitrogens with zero attached hydrogens (tertiary/aromatic N) is 1. The van der Waals surface area contributed by atoms with Gasteiger partial charge in [0.1, 0.15) is 17.2 Å². The third-order valence-corrected chi connectivity index (χ3v) is 3.53. The highest BCUT2D eigenvalue weighted by Gasteiger charge is 2.33. The van der Waals surface area contributed by atoms with Crippen molar-refractivity contribution in [2.24, 2.45) is 0 Å². The molecule has 1 aliphatic heterocycles. The molecule has 0 saturated carbocycles. The van der Waals surface area contributed by atoms with Crippen LogP contribution in [0.1, 0.15) is 22.6 Å². The van der Waals surface area contributed by atoms with Crippen LogP contribution in [0.3, 0.4) is 0 Å². The van der Waals surface area contributed by atoms with Gasteiger partial charge in [0.2, 0.25) is 0 Å². The van der Waals surface area contributed by atoms with E-state index in [0.717, 1.165) is 16.9 Å². The van der Waals surface area contributed by atoms with Crippen LogP contribution < -0.4 is 5.32 Å². The van der Waals surface area contributed by atoms with Crippen molar-refractivity contribution < 1.29 is 14.0 Å². The summed E-state index contributed by atoms with van der Waals surface area (Å²) in [6.45, 7) is 3.92. The van der Waals surface area contributed by atoms with Gasteiger partial charge < -0.3 is 9.73 Å². The van der Waals surface area contributed by atoms with Crippen molar-refractivity contribution in [1.29, 1.82) is 0 Å². The van der Waals surface area contributed by atoms with Crippen LogP contribution in [0.5, 0.6) is 0 Å². The number of imide groups is 1. The first-order valence-corrected chi connectivity index (χ1v) is 7.00. The molecule has 5 nitrogen and oxygen atoms in total. The van der Waals surface area contributed by atoms with Gasteiger partial charge >= 0.3 is 6.03 Å². The lowest BCUT2D eigenvalue weighted by Gasteiger charge is -2.11. The molecule has 22 heavy (non-hydrogen) atoms. The number of furan rings is 1. The molecule has 2 aromatic rings.